The minimum Gasteiger partial charge on any atom is -0.496 e. The van der Waals surface area contributed by atoms with Gasteiger partial charge in [0.1, 0.15) is 5.75 Å². The highest BCUT2D eigenvalue weighted by Crippen LogP contribution is 2.36. The average Bonchev–Trinajstić information content (AvgIpc) is 2.89. The standard InChI is InChI=1S/C16H16N2OS/c1-3-11-10-17-18-8-7-12(9-13(11)18)16-14(19-2)5-4-6-15(16)20/h4-10,20H,3H2,1-2H3. The van der Waals surface area contributed by atoms with E-state index in [1.165, 1.54) is 5.56 Å². The lowest BCUT2D eigenvalue weighted by molar-refractivity contribution is 0.415. The Balaban J connectivity index is 2.24. The number of benzene rings is 1. The smallest absolute Gasteiger partial charge is 0.127 e. The van der Waals surface area contributed by atoms with E-state index in [-0.39, 0.29) is 0 Å². The van der Waals surface area contributed by atoms with Crippen LogP contribution in [0.25, 0.3) is 16.6 Å². The summed E-state index contributed by atoms with van der Waals surface area (Å²) < 4.78 is 7.36. The van der Waals surface area contributed by atoms with Gasteiger partial charge in [0.25, 0.3) is 0 Å². The number of thiol groups is 1. The highest BCUT2D eigenvalue weighted by molar-refractivity contribution is 7.80. The minimum atomic E-state index is 0.833. The first kappa shape index (κ1) is 13.1. The van der Waals surface area contributed by atoms with Gasteiger partial charge in [0.15, 0.2) is 0 Å². The molecule has 102 valence electrons. The van der Waals surface area contributed by atoms with E-state index >= 15 is 0 Å². The van der Waals surface area contributed by atoms with Crippen LogP contribution in [0.15, 0.2) is 47.6 Å². The van der Waals surface area contributed by atoms with Crippen molar-refractivity contribution in [3.8, 4) is 16.9 Å². The summed E-state index contributed by atoms with van der Waals surface area (Å²) in [5.74, 6) is 0.833. The Bertz CT molecular complexity index is 764. The molecule has 3 aromatic rings. The highest BCUT2D eigenvalue weighted by Gasteiger charge is 2.11. The lowest BCUT2D eigenvalue weighted by Gasteiger charge is -2.11. The van der Waals surface area contributed by atoms with Crippen molar-refractivity contribution in [2.24, 2.45) is 0 Å². The molecule has 0 spiro atoms. The maximum Gasteiger partial charge on any atom is 0.127 e. The number of methoxy groups -OCH3 is 1. The molecule has 2 heterocycles. The van der Waals surface area contributed by atoms with Crippen LogP contribution in [0, 0.1) is 0 Å². The van der Waals surface area contributed by atoms with Crippen LogP contribution in [0.2, 0.25) is 0 Å². The van der Waals surface area contributed by atoms with Crippen LogP contribution >= 0.6 is 12.6 Å². The average molecular weight is 284 g/mol. The molecule has 0 aliphatic carbocycles. The van der Waals surface area contributed by atoms with Gasteiger partial charge in [0.2, 0.25) is 0 Å². The molecule has 3 rings (SSSR count). The Labute approximate surface area is 123 Å². The molecule has 0 atom stereocenters. The number of ether oxygens (including phenoxy) is 1. The number of fused-ring (bicyclic) bond motifs is 1. The Hall–Kier alpha value is -1.94. The quantitative estimate of drug-likeness (QED) is 0.739. The van der Waals surface area contributed by atoms with Crippen LogP contribution in [-0.2, 0) is 6.42 Å². The highest BCUT2D eigenvalue weighted by atomic mass is 32.1. The van der Waals surface area contributed by atoms with E-state index in [2.05, 4.69) is 30.7 Å². The summed E-state index contributed by atoms with van der Waals surface area (Å²) in [6.07, 6.45) is 4.86. The number of hydrogen-bond donors (Lipinski definition) is 1. The lowest BCUT2D eigenvalue weighted by atomic mass is 10.0. The van der Waals surface area contributed by atoms with E-state index in [0.29, 0.717) is 0 Å². The first-order chi connectivity index (χ1) is 9.74. The van der Waals surface area contributed by atoms with Crippen molar-refractivity contribution in [3.63, 3.8) is 0 Å². The molecule has 1 aromatic carbocycles. The van der Waals surface area contributed by atoms with Gasteiger partial charge < -0.3 is 4.74 Å². The largest absolute Gasteiger partial charge is 0.496 e. The van der Waals surface area contributed by atoms with Crippen LogP contribution < -0.4 is 4.74 Å². The lowest BCUT2D eigenvalue weighted by Crippen LogP contribution is -1.92. The minimum absolute atomic E-state index is 0.833. The molecule has 0 bridgehead atoms. The predicted octanol–water partition coefficient (Wildman–Crippen LogP) is 3.86. The van der Waals surface area contributed by atoms with Crippen LogP contribution in [0.1, 0.15) is 12.5 Å². The molecule has 0 N–H and O–H groups in total. The summed E-state index contributed by atoms with van der Waals surface area (Å²) in [7, 11) is 1.68. The van der Waals surface area contributed by atoms with E-state index in [4.69, 9.17) is 4.74 Å². The molecular weight excluding hydrogens is 268 g/mol. The number of pyridine rings is 1. The van der Waals surface area contributed by atoms with Gasteiger partial charge in [-0.25, -0.2) is 4.52 Å². The summed E-state index contributed by atoms with van der Waals surface area (Å²) in [6.45, 7) is 2.14. The van der Waals surface area contributed by atoms with E-state index in [1.54, 1.807) is 7.11 Å². The summed E-state index contributed by atoms with van der Waals surface area (Å²) >= 11 is 4.56. The number of hydrogen-bond acceptors (Lipinski definition) is 3. The molecule has 0 saturated heterocycles. The van der Waals surface area contributed by atoms with Crippen molar-refractivity contribution in [2.75, 3.05) is 7.11 Å². The first-order valence-electron chi connectivity index (χ1n) is 6.57. The molecule has 0 amide bonds. The molecule has 0 aliphatic rings. The fourth-order valence-corrected chi connectivity index (χ4v) is 2.76. The van der Waals surface area contributed by atoms with E-state index in [9.17, 15) is 0 Å². The third kappa shape index (κ3) is 2.06. The molecule has 0 aliphatic heterocycles. The molecule has 0 unspecified atom stereocenters. The van der Waals surface area contributed by atoms with Gasteiger partial charge in [0, 0.05) is 16.7 Å². The fourth-order valence-electron chi connectivity index (χ4n) is 2.44. The molecular formula is C16H16N2OS. The molecule has 0 fully saturated rings. The molecule has 3 nitrogen and oxygen atoms in total. The summed E-state index contributed by atoms with van der Waals surface area (Å²) in [4.78, 5) is 0.909. The van der Waals surface area contributed by atoms with Gasteiger partial charge in [-0.15, -0.1) is 12.6 Å². The fraction of sp³-hybridized carbons (Fsp3) is 0.188. The van der Waals surface area contributed by atoms with Crippen molar-refractivity contribution in [2.45, 2.75) is 18.2 Å². The van der Waals surface area contributed by atoms with Gasteiger partial charge in [-0.05, 0) is 41.8 Å². The molecule has 0 saturated carbocycles. The van der Waals surface area contributed by atoms with Crippen molar-refractivity contribution in [3.05, 3.63) is 48.3 Å². The maximum absolute atomic E-state index is 5.46. The summed E-state index contributed by atoms with van der Waals surface area (Å²) in [6, 6.07) is 10.1. The zero-order valence-electron chi connectivity index (χ0n) is 11.5. The van der Waals surface area contributed by atoms with Crippen LogP contribution in [0.5, 0.6) is 5.75 Å². The van der Waals surface area contributed by atoms with Crippen LogP contribution in [0.3, 0.4) is 0 Å². The van der Waals surface area contributed by atoms with E-state index in [0.717, 1.165) is 33.7 Å². The van der Waals surface area contributed by atoms with Crippen LogP contribution in [0.4, 0.5) is 0 Å². The summed E-state index contributed by atoms with van der Waals surface area (Å²) in [5.41, 5.74) is 4.48. The number of aromatic nitrogens is 2. The Kier molecular flexibility index (Phi) is 3.40. The third-order valence-electron chi connectivity index (χ3n) is 3.50. The molecule has 0 radical (unpaired) electrons. The van der Waals surface area contributed by atoms with Crippen molar-refractivity contribution >= 4 is 18.1 Å². The van der Waals surface area contributed by atoms with E-state index in [1.807, 2.05) is 41.2 Å². The summed E-state index contributed by atoms with van der Waals surface area (Å²) in [5, 5.41) is 4.36. The molecule has 4 heteroatoms. The van der Waals surface area contributed by atoms with Crippen molar-refractivity contribution < 1.29 is 4.74 Å². The van der Waals surface area contributed by atoms with Crippen molar-refractivity contribution in [1.29, 1.82) is 0 Å². The zero-order valence-corrected chi connectivity index (χ0v) is 12.4. The van der Waals surface area contributed by atoms with E-state index < -0.39 is 0 Å². The second kappa shape index (κ2) is 5.21. The topological polar surface area (TPSA) is 26.5 Å². The SMILES string of the molecule is CCc1cnn2ccc(-c3c(S)cccc3OC)cc12. The monoisotopic (exact) mass is 284 g/mol. The second-order valence-corrected chi connectivity index (χ2v) is 5.10. The Morgan fingerprint density at radius 1 is 1.30 bits per heavy atom. The zero-order chi connectivity index (χ0) is 14.1. The maximum atomic E-state index is 5.46. The molecule has 2 aromatic heterocycles. The Morgan fingerprint density at radius 2 is 2.15 bits per heavy atom. The third-order valence-corrected chi connectivity index (χ3v) is 3.87. The van der Waals surface area contributed by atoms with Crippen LogP contribution in [-0.4, -0.2) is 16.7 Å². The Morgan fingerprint density at radius 3 is 2.90 bits per heavy atom. The molecule has 20 heavy (non-hydrogen) atoms. The van der Waals surface area contributed by atoms with Gasteiger partial charge >= 0.3 is 0 Å². The van der Waals surface area contributed by atoms with Gasteiger partial charge in [-0.2, -0.15) is 5.10 Å². The number of nitrogens with zero attached hydrogens (tertiary/aromatic N) is 2. The van der Waals surface area contributed by atoms with Gasteiger partial charge in [-0.1, -0.05) is 13.0 Å². The van der Waals surface area contributed by atoms with Gasteiger partial charge in [0.05, 0.1) is 18.8 Å². The normalized spacial score (nSPS) is 10.9. The van der Waals surface area contributed by atoms with Gasteiger partial charge in [-0.3, -0.25) is 0 Å². The first-order valence-corrected chi connectivity index (χ1v) is 7.02. The van der Waals surface area contributed by atoms with Crippen molar-refractivity contribution in [1.82, 2.24) is 9.61 Å². The number of aryl methyl sites for hydroxylation is 1. The second-order valence-electron chi connectivity index (χ2n) is 4.62. The number of rotatable bonds is 3. The predicted molar refractivity (Wildman–Crippen MR) is 83.8 cm³/mol.